The first-order valence-corrected chi connectivity index (χ1v) is 9.89. The summed E-state index contributed by atoms with van der Waals surface area (Å²) >= 11 is 0. The lowest BCUT2D eigenvalue weighted by atomic mass is 10.1. The number of rotatable bonds is 5. The molecule has 30 heavy (non-hydrogen) atoms. The monoisotopic (exact) mass is 417 g/mol. The maximum atomic E-state index is 13.0. The molecule has 0 bridgehead atoms. The van der Waals surface area contributed by atoms with Gasteiger partial charge in [-0.15, -0.1) is 0 Å². The number of likely N-dealkylation sites (tertiary alicyclic amines) is 1. The lowest BCUT2D eigenvalue weighted by Gasteiger charge is -2.40. The number of hydrogen-bond acceptors (Lipinski definition) is 5. The van der Waals surface area contributed by atoms with Crippen molar-refractivity contribution in [1.82, 2.24) is 20.5 Å². The minimum absolute atomic E-state index is 0.126. The Morgan fingerprint density at radius 2 is 2.03 bits per heavy atom. The number of guanidine groups is 1. The molecule has 1 fully saturated rings. The molecule has 1 saturated heterocycles. The summed E-state index contributed by atoms with van der Waals surface area (Å²) in [6, 6.07) is 6.14. The molecule has 0 unspecified atom stereocenters. The summed E-state index contributed by atoms with van der Waals surface area (Å²) in [4.78, 5) is 22.3. The van der Waals surface area contributed by atoms with Crippen LogP contribution in [-0.4, -0.2) is 60.3 Å². The predicted molar refractivity (Wildman–Crippen MR) is 112 cm³/mol. The van der Waals surface area contributed by atoms with Crippen molar-refractivity contribution in [1.29, 1.82) is 0 Å². The largest absolute Gasteiger partial charge is 0.444 e. The van der Waals surface area contributed by atoms with E-state index in [1.54, 1.807) is 30.3 Å². The maximum absolute atomic E-state index is 13.0. The Kier molecular flexibility index (Phi) is 6.59. The van der Waals surface area contributed by atoms with E-state index in [0.29, 0.717) is 37.9 Å². The van der Waals surface area contributed by atoms with Crippen LogP contribution in [0, 0.1) is 5.82 Å². The summed E-state index contributed by atoms with van der Waals surface area (Å²) in [5.74, 6) is 0.824. The lowest BCUT2D eigenvalue weighted by molar-refractivity contribution is 0.00701. The van der Waals surface area contributed by atoms with E-state index < -0.39 is 5.60 Å². The van der Waals surface area contributed by atoms with E-state index in [9.17, 15) is 9.18 Å². The SMILES string of the molecule is CN=C(NCCc1coc(-c2ccc(F)cc2)n1)NC1CN(C(=O)OC(C)(C)C)C1. The summed E-state index contributed by atoms with van der Waals surface area (Å²) in [5.41, 5.74) is 1.02. The average molecular weight is 417 g/mol. The molecule has 2 N–H and O–H groups in total. The van der Waals surface area contributed by atoms with Crippen molar-refractivity contribution in [3.8, 4) is 11.5 Å². The van der Waals surface area contributed by atoms with Crippen molar-refractivity contribution in [3.63, 3.8) is 0 Å². The lowest BCUT2D eigenvalue weighted by Crippen LogP contribution is -2.63. The van der Waals surface area contributed by atoms with Gasteiger partial charge in [0.25, 0.3) is 0 Å². The summed E-state index contributed by atoms with van der Waals surface area (Å²) < 4.78 is 23.9. The number of carbonyl (C=O) groups excluding carboxylic acids is 1. The summed E-state index contributed by atoms with van der Waals surface area (Å²) in [5, 5.41) is 6.51. The Labute approximate surface area is 175 Å². The van der Waals surface area contributed by atoms with Crippen LogP contribution in [0.15, 0.2) is 39.9 Å². The van der Waals surface area contributed by atoms with Gasteiger partial charge < -0.3 is 24.7 Å². The second-order valence-corrected chi connectivity index (χ2v) is 8.13. The predicted octanol–water partition coefficient (Wildman–Crippen LogP) is 2.81. The zero-order chi connectivity index (χ0) is 21.7. The molecular formula is C21H28FN5O3. The molecule has 0 atom stereocenters. The fourth-order valence-electron chi connectivity index (χ4n) is 2.89. The highest BCUT2D eigenvalue weighted by Crippen LogP contribution is 2.19. The molecule has 2 aromatic rings. The third kappa shape index (κ3) is 5.95. The van der Waals surface area contributed by atoms with E-state index in [4.69, 9.17) is 9.15 Å². The highest BCUT2D eigenvalue weighted by molar-refractivity contribution is 5.80. The van der Waals surface area contributed by atoms with Crippen LogP contribution in [0.4, 0.5) is 9.18 Å². The highest BCUT2D eigenvalue weighted by atomic mass is 19.1. The number of halogens is 1. The molecule has 0 spiro atoms. The van der Waals surface area contributed by atoms with Crippen LogP contribution in [0.5, 0.6) is 0 Å². The molecule has 0 aliphatic carbocycles. The number of carbonyl (C=O) groups is 1. The first-order chi connectivity index (χ1) is 14.2. The molecule has 1 aliphatic rings. The van der Waals surface area contributed by atoms with E-state index in [1.165, 1.54) is 12.1 Å². The quantitative estimate of drug-likeness (QED) is 0.574. The van der Waals surface area contributed by atoms with E-state index in [2.05, 4.69) is 20.6 Å². The smallest absolute Gasteiger partial charge is 0.410 e. The number of nitrogens with zero attached hydrogens (tertiary/aromatic N) is 3. The molecule has 0 saturated carbocycles. The number of aliphatic imine (C=N–C) groups is 1. The van der Waals surface area contributed by atoms with Gasteiger partial charge in [-0.1, -0.05) is 0 Å². The van der Waals surface area contributed by atoms with Gasteiger partial charge in [0.05, 0.1) is 11.7 Å². The van der Waals surface area contributed by atoms with Crippen LogP contribution in [0.3, 0.4) is 0 Å². The number of amides is 1. The number of nitrogens with one attached hydrogen (secondary N) is 2. The molecule has 1 amide bonds. The second kappa shape index (κ2) is 9.15. The Balaban J connectivity index is 1.40. The van der Waals surface area contributed by atoms with Gasteiger partial charge in [0, 0.05) is 38.7 Å². The number of hydrogen-bond donors (Lipinski definition) is 2. The minimum Gasteiger partial charge on any atom is -0.444 e. The minimum atomic E-state index is -0.495. The number of oxazole rings is 1. The molecule has 1 aliphatic heterocycles. The fraction of sp³-hybridized carbons (Fsp3) is 0.476. The molecule has 162 valence electrons. The molecular weight excluding hydrogens is 389 g/mol. The molecule has 0 radical (unpaired) electrons. The van der Waals surface area contributed by atoms with Gasteiger partial charge in [0.2, 0.25) is 5.89 Å². The van der Waals surface area contributed by atoms with Gasteiger partial charge in [-0.2, -0.15) is 0 Å². The van der Waals surface area contributed by atoms with Crippen LogP contribution >= 0.6 is 0 Å². The number of aromatic nitrogens is 1. The van der Waals surface area contributed by atoms with Gasteiger partial charge in [-0.25, -0.2) is 14.2 Å². The van der Waals surface area contributed by atoms with Crippen LogP contribution in [0.1, 0.15) is 26.5 Å². The Morgan fingerprint density at radius 1 is 1.33 bits per heavy atom. The molecule has 1 aromatic carbocycles. The zero-order valence-electron chi connectivity index (χ0n) is 17.7. The van der Waals surface area contributed by atoms with Crippen LogP contribution in [-0.2, 0) is 11.2 Å². The summed E-state index contributed by atoms with van der Waals surface area (Å²) in [6.45, 7) is 7.30. The normalized spacial score (nSPS) is 15.0. The third-order valence-corrected chi connectivity index (χ3v) is 4.41. The van der Waals surface area contributed by atoms with E-state index in [1.807, 2.05) is 20.8 Å². The van der Waals surface area contributed by atoms with Crippen LogP contribution < -0.4 is 10.6 Å². The van der Waals surface area contributed by atoms with Crippen molar-refractivity contribution in [2.75, 3.05) is 26.7 Å². The van der Waals surface area contributed by atoms with Gasteiger partial charge >= 0.3 is 6.09 Å². The zero-order valence-corrected chi connectivity index (χ0v) is 17.7. The molecule has 8 nitrogen and oxygen atoms in total. The summed E-state index contributed by atoms with van der Waals surface area (Å²) in [6.07, 6.45) is 1.94. The van der Waals surface area contributed by atoms with Crippen molar-refractivity contribution in [3.05, 3.63) is 42.0 Å². The van der Waals surface area contributed by atoms with Crippen molar-refractivity contribution in [2.24, 2.45) is 4.99 Å². The first-order valence-electron chi connectivity index (χ1n) is 9.89. The van der Waals surface area contributed by atoms with Gasteiger partial charge in [-0.3, -0.25) is 4.99 Å². The van der Waals surface area contributed by atoms with E-state index >= 15 is 0 Å². The Hall–Kier alpha value is -3.10. The number of benzene rings is 1. The third-order valence-electron chi connectivity index (χ3n) is 4.41. The van der Waals surface area contributed by atoms with Crippen LogP contribution in [0.2, 0.25) is 0 Å². The molecule has 3 rings (SSSR count). The van der Waals surface area contributed by atoms with Crippen LogP contribution in [0.25, 0.3) is 11.5 Å². The first kappa shape index (κ1) is 21.6. The van der Waals surface area contributed by atoms with Crippen molar-refractivity contribution < 1.29 is 18.3 Å². The summed E-state index contributed by atoms with van der Waals surface area (Å²) in [7, 11) is 1.70. The topological polar surface area (TPSA) is 92.0 Å². The standard InChI is InChI=1S/C21H28FN5O3/c1-21(2,3)30-20(28)27-11-17(12-27)26-19(23-4)24-10-9-16-13-29-18(25-16)14-5-7-15(22)8-6-14/h5-8,13,17H,9-12H2,1-4H3,(H2,23,24,26). The highest BCUT2D eigenvalue weighted by Gasteiger charge is 2.34. The Morgan fingerprint density at radius 3 is 2.67 bits per heavy atom. The molecule has 1 aromatic heterocycles. The van der Waals surface area contributed by atoms with E-state index in [0.717, 1.165) is 11.3 Å². The molecule has 9 heteroatoms. The van der Waals surface area contributed by atoms with Crippen molar-refractivity contribution >= 4 is 12.1 Å². The average Bonchev–Trinajstić information content (AvgIpc) is 3.10. The van der Waals surface area contributed by atoms with Gasteiger partial charge in [0.15, 0.2) is 5.96 Å². The fourth-order valence-corrected chi connectivity index (χ4v) is 2.89. The van der Waals surface area contributed by atoms with E-state index in [-0.39, 0.29) is 18.0 Å². The molecule has 2 heterocycles. The second-order valence-electron chi connectivity index (χ2n) is 8.13. The Bertz CT molecular complexity index is 883. The maximum Gasteiger partial charge on any atom is 0.410 e. The van der Waals surface area contributed by atoms with Gasteiger partial charge in [-0.05, 0) is 45.0 Å². The van der Waals surface area contributed by atoms with Crippen molar-refractivity contribution in [2.45, 2.75) is 38.8 Å². The van der Waals surface area contributed by atoms with Gasteiger partial charge in [0.1, 0.15) is 17.7 Å². The number of ether oxygens (including phenoxy) is 1.